The van der Waals surface area contributed by atoms with Gasteiger partial charge in [0.1, 0.15) is 0 Å². The summed E-state index contributed by atoms with van der Waals surface area (Å²) in [6, 6.07) is 16.2. The van der Waals surface area contributed by atoms with E-state index in [-0.39, 0.29) is 18.0 Å². The molecule has 1 N–H and O–H groups in total. The Morgan fingerprint density at radius 2 is 1.78 bits per heavy atom. The Balaban J connectivity index is 1.64. The first-order valence-corrected chi connectivity index (χ1v) is 8.31. The number of thioether (sulfide) groups is 1. The van der Waals surface area contributed by atoms with Gasteiger partial charge in [0.15, 0.2) is 0 Å². The third-order valence-corrected chi connectivity index (χ3v) is 4.27. The lowest BCUT2D eigenvalue weighted by atomic mass is 10.1. The third-order valence-electron chi connectivity index (χ3n) is 3.17. The molecule has 0 aliphatic rings. The normalized spacial score (nSPS) is 10.3. The number of carbonyl (C=O) groups excluding carboxylic acids is 1. The maximum Gasteiger partial charge on any atom is 0.269 e. The average Bonchev–Trinajstić information content (AvgIpc) is 2.56. The van der Waals surface area contributed by atoms with E-state index in [4.69, 9.17) is 0 Å². The minimum absolute atomic E-state index is 0.0343. The van der Waals surface area contributed by atoms with E-state index in [1.165, 1.54) is 17.0 Å². The molecular formula is C17H18N2O3S. The molecule has 0 atom stereocenters. The number of nitro benzene ring substituents is 1. The molecule has 120 valence electrons. The molecule has 0 unspecified atom stereocenters. The van der Waals surface area contributed by atoms with Gasteiger partial charge >= 0.3 is 0 Å². The Morgan fingerprint density at radius 3 is 2.43 bits per heavy atom. The van der Waals surface area contributed by atoms with Gasteiger partial charge < -0.3 is 5.32 Å². The van der Waals surface area contributed by atoms with Crippen molar-refractivity contribution in [3.05, 3.63) is 70.3 Å². The van der Waals surface area contributed by atoms with Gasteiger partial charge in [-0.15, -0.1) is 11.8 Å². The molecule has 2 rings (SSSR count). The highest BCUT2D eigenvalue weighted by Gasteiger charge is 2.07. The van der Waals surface area contributed by atoms with E-state index in [1.54, 1.807) is 23.9 Å². The van der Waals surface area contributed by atoms with Crippen LogP contribution in [0.4, 0.5) is 5.69 Å². The fraction of sp³-hybridized carbons (Fsp3) is 0.235. The van der Waals surface area contributed by atoms with Crippen LogP contribution in [0.5, 0.6) is 0 Å². The number of hydrogen-bond donors (Lipinski definition) is 1. The highest BCUT2D eigenvalue weighted by Crippen LogP contribution is 2.17. The number of carbonyl (C=O) groups is 1. The van der Waals surface area contributed by atoms with Gasteiger partial charge in [-0.25, -0.2) is 0 Å². The molecule has 5 nitrogen and oxygen atoms in total. The number of nitrogens with zero attached hydrogens (tertiary/aromatic N) is 1. The van der Waals surface area contributed by atoms with Gasteiger partial charge in [0, 0.05) is 23.6 Å². The third kappa shape index (κ3) is 6.12. The van der Waals surface area contributed by atoms with E-state index in [0.717, 1.165) is 17.7 Å². The topological polar surface area (TPSA) is 72.2 Å². The molecule has 2 aromatic rings. The molecule has 0 saturated carbocycles. The largest absolute Gasteiger partial charge is 0.356 e. The van der Waals surface area contributed by atoms with E-state index in [1.807, 2.05) is 18.2 Å². The zero-order valence-electron chi connectivity index (χ0n) is 12.6. The van der Waals surface area contributed by atoms with Crippen LogP contribution in [-0.4, -0.2) is 23.1 Å². The van der Waals surface area contributed by atoms with Gasteiger partial charge in [0.25, 0.3) is 5.69 Å². The molecule has 1 amide bonds. The maximum absolute atomic E-state index is 11.8. The fourth-order valence-electron chi connectivity index (χ4n) is 1.99. The van der Waals surface area contributed by atoms with Gasteiger partial charge in [0.05, 0.1) is 11.3 Å². The molecule has 0 fully saturated rings. The van der Waals surface area contributed by atoms with Crippen LogP contribution in [0.15, 0.2) is 59.5 Å². The zero-order valence-corrected chi connectivity index (χ0v) is 13.4. The molecule has 23 heavy (non-hydrogen) atoms. The highest BCUT2D eigenvalue weighted by atomic mass is 32.2. The lowest BCUT2D eigenvalue weighted by molar-refractivity contribution is -0.384. The number of benzene rings is 2. The number of non-ortho nitro benzene ring substituents is 1. The molecule has 0 saturated heterocycles. The summed E-state index contributed by atoms with van der Waals surface area (Å²) in [5.74, 6) is 0.880. The molecule has 0 aliphatic carbocycles. The van der Waals surface area contributed by atoms with Gasteiger partial charge in [-0.3, -0.25) is 14.9 Å². The van der Waals surface area contributed by atoms with Crippen LogP contribution >= 0.6 is 11.8 Å². The first-order chi connectivity index (χ1) is 11.1. The van der Waals surface area contributed by atoms with E-state index in [9.17, 15) is 14.9 Å². The first-order valence-electron chi connectivity index (χ1n) is 7.33. The van der Waals surface area contributed by atoms with Crippen LogP contribution in [-0.2, 0) is 11.2 Å². The Hall–Kier alpha value is -2.34. The molecule has 0 spiro atoms. The van der Waals surface area contributed by atoms with Crippen molar-refractivity contribution in [3.63, 3.8) is 0 Å². The summed E-state index contributed by atoms with van der Waals surface area (Å²) < 4.78 is 0. The standard InChI is InChI=1S/C17H18N2O3S/c20-17(13-14-7-9-15(10-8-14)19(21)22)18-11-4-12-23-16-5-2-1-3-6-16/h1-3,5-10H,4,11-13H2,(H,18,20). The van der Waals surface area contributed by atoms with Crippen LogP contribution in [0.3, 0.4) is 0 Å². The Morgan fingerprint density at radius 1 is 1.09 bits per heavy atom. The van der Waals surface area contributed by atoms with Gasteiger partial charge in [-0.2, -0.15) is 0 Å². The number of rotatable bonds is 8. The van der Waals surface area contributed by atoms with Crippen LogP contribution in [0, 0.1) is 10.1 Å². The molecule has 0 aliphatic heterocycles. The van der Waals surface area contributed by atoms with E-state index >= 15 is 0 Å². The summed E-state index contributed by atoms with van der Waals surface area (Å²) in [6.07, 6.45) is 1.13. The quantitative estimate of drug-likeness (QED) is 0.348. The summed E-state index contributed by atoms with van der Waals surface area (Å²) >= 11 is 1.77. The minimum Gasteiger partial charge on any atom is -0.356 e. The van der Waals surface area contributed by atoms with Crippen molar-refractivity contribution in [3.8, 4) is 0 Å². The van der Waals surface area contributed by atoms with Gasteiger partial charge in [0.2, 0.25) is 5.91 Å². The first kappa shape index (κ1) is 17.0. The van der Waals surface area contributed by atoms with Crippen LogP contribution in [0.25, 0.3) is 0 Å². The van der Waals surface area contributed by atoms with Crippen molar-refractivity contribution in [2.45, 2.75) is 17.7 Å². The highest BCUT2D eigenvalue weighted by molar-refractivity contribution is 7.99. The Bertz CT molecular complexity index is 645. The van der Waals surface area contributed by atoms with E-state index in [2.05, 4.69) is 17.4 Å². The number of hydrogen-bond acceptors (Lipinski definition) is 4. The van der Waals surface area contributed by atoms with Crippen molar-refractivity contribution >= 4 is 23.4 Å². The summed E-state index contributed by atoms with van der Waals surface area (Å²) in [5, 5.41) is 13.4. The van der Waals surface area contributed by atoms with Gasteiger partial charge in [-0.05, 0) is 29.9 Å². The van der Waals surface area contributed by atoms with Crippen molar-refractivity contribution in [2.75, 3.05) is 12.3 Å². The van der Waals surface area contributed by atoms with Crippen LogP contribution in [0.1, 0.15) is 12.0 Å². The molecule has 6 heteroatoms. The molecule has 0 aromatic heterocycles. The van der Waals surface area contributed by atoms with Crippen molar-refractivity contribution < 1.29 is 9.72 Å². The summed E-state index contributed by atoms with van der Waals surface area (Å²) in [5.41, 5.74) is 0.804. The molecule has 0 heterocycles. The Labute approximate surface area is 139 Å². The predicted octanol–water partition coefficient (Wildman–Crippen LogP) is 3.44. The summed E-state index contributed by atoms with van der Waals surface area (Å²) in [7, 11) is 0. The zero-order chi connectivity index (χ0) is 16.5. The average molecular weight is 330 g/mol. The molecule has 0 bridgehead atoms. The second-order valence-corrected chi connectivity index (χ2v) is 6.13. The number of amides is 1. The molecule has 2 aromatic carbocycles. The SMILES string of the molecule is O=C(Cc1ccc([N+](=O)[O-])cc1)NCCCSc1ccccc1. The van der Waals surface area contributed by atoms with E-state index < -0.39 is 4.92 Å². The summed E-state index contributed by atoms with van der Waals surface area (Å²) in [4.78, 5) is 23.2. The maximum atomic E-state index is 11.8. The predicted molar refractivity (Wildman–Crippen MR) is 91.6 cm³/mol. The van der Waals surface area contributed by atoms with Crippen molar-refractivity contribution in [1.29, 1.82) is 0 Å². The second kappa shape index (κ2) is 8.95. The monoisotopic (exact) mass is 330 g/mol. The minimum atomic E-state index is -0.450. The smallest absolute Gasteiger partial charge is 0.269 e. The lowest BCUT2D eigenvalue weighted by Crippen LogP contribution is -2.26. The lowest BCUT2D eigenvalue weighted by Gasteiger charge is -2.05. The second-order valence-electron chi connectivity index (χ2n) is 4.97. The van der Waals surface area contributed by atoms with Crippen LogP contribution in [0.2, 0.25) is 0 Å². The number of nitro groups is 1. The molecular weight excluding hydrogens is 312 g/mol. The molecule has 0 radical (unpaired) electrons. The van der Waals surface area contributed by atoms with Crippen molar-refractivity contribution in [2.24, 2.45) is 0 Å². The Kier molecular flexibility index (Phi) is 6.62. The van der Waals surface area contributed by atoms with E-state index in [0.29, 0.717) is 6.54 Å². The van der Waals surface area contributed by atoms with Crippen molar-refractivity contribution in [1.82, 2.24) is 5.32 Å². The van der Waals surface area contributed by atoms with Crippen LogP contribution < -0.4 is 5.32 Å². The van der Waals surface area contributed by atoms with Gasteiger partial charge in [-0.1, -0.05) is 30.3 Å². The fourth-order valence-corrected chi connectivity index (χ4v) is 2.86. The number of nitrogens with one attached hydrogen (secondary N) is 1. The summed E-state index contributed by atoms with van der Waals surface area (Å²) in [6.45, 7) is 0.631.